The third-order valence-corrected chi connectivity index (χ3v) is 6.14. The normalized spacial score (nSPS) is 11.8. The van der Waals surface area contributed by atoms with Crippen LogP contribution >= 0.6 is 62.1 Å². The number of thiophene rings is 1. The van der Waals surface area contributed by atoms with Gasteiger partial charge in [0, 0.05) is 36.9 Å². The Bertz CT molecular complexity index is 549. The fraction of sp³-hybridized carbons (Fsp3) is 0.286. The number of halogens is 4. The first kappa shape index (κ1) is 15.7. The maximum Gasteiger partial charge on any atom is 0.0444 e. The first-order chi connectivity index (χ1) is 9.11. The van der Waals surface area contributed by atoms with Crippen LogP contribution in [0.15, 0.2) is 40.2 Å². The standard InChI is InChI=1S/C14H12BrCl3S/c15-10-5-11(19-7-10)6-14(8-16,9-17)12-3-1-2-4-13(12)18/h1-5,7H,6,8-9H2. The highest BCUT2D eigenvalue weighted by Gasteiger charge is 2.33. The Labute approximate surface area is 140 Å². The first-order valence-corrected chi connectivity index (χ1v) is 8.83. The lowest BCUT2D eigenvalue weighted by molar-refractivity contribution is 0.541. The van der Waals surface area contributed by atoms with E-state index in [1.54, 1.807) is 11.3 Å². The van der Waals surface area contributed by atoms with Gasteiger partial charge in [0.1, 0.15) is 0 Å². The van der Waals surface area contributed by atoms with Gasteiger partial charge in [0.2, 0.25) is 0 Å². The van der Waals surface area contributed by atoms with Gasteiger partial charge >= 0.3 is 0 Å². The van der Waals surface area contributed by atoms with Crippen molar-refractivity contribution in [2.45, 2.75) is 11.8 Å². The fourth-order valence-corrected chi connectivity index (χ4v) is 4.73. The van der Waals surface area contributed by atoms with Crippen LogP contribution in [0.1, 0.15) is 10.4 Å². The van der Waals surface area contributed by atoms with Gasteiger partial charge in [0.15, 0.2) is 0 Å². The summed E-state index contributed by atoms with van der Waals surface area (Å²) in [7, 11) is 0. The van der Waals surface area contributed by atoms with Crippen LogP contribution in [0.4, 0.5) is 0 Å². The number of benzene rings is 1. The molecule has 102 valence electrons. The summed E-state index contributed by atoms with van der Waals surface area (Å²) < 4.78 is 1.09. The average molecular weight is 399 g/mol. The third kappa shape index (κ3) is 3.48. The van der Waals surface area contributed by atoms with E-state index in [0.717, 1.165) is 21.5 Å². The lowest BCUT2D eigenvalue weighted by Gasteiger charge is -2.30. The highest BCUT2D eigenvalue weighted by atomic mass is 79.9. The maximum absolute atomic E-state index is 6.31. The number of hydrogen-bond acceptors (Lipinski definition) is 1. The lowest BCUT2D eigenvalue weighted by Crippen LogP contribution is -2.33. The van der Waals surface area contributed by atoms with Crippen LogP contribution in [-0.4, -0.2) is 11.8 Å². The topological polar surface area (TPSA) is 0 Å². The second-order valence-corrected chi connectivity index (χ2v) is 7.29. The van der Waals surface area contributed by atoms with Crippen molar-refractivity contribution in [2.75, 3.05) is 11.8 Å². The van der Waals surface area contributed by atoms with E-state index in [9.17, 15) is 0 Å². The van der Waals surface area contributed by atoms with Crippen molar-refractivity contribution < 1.29 is 0 Å². The van der Waals surface area contributed by atoms with E-state index in [1.165, 1.54) is 4.88 Å². The second kappa shape index (κ2) is 6.82. The van der Waals surface area contributed by atoms with Gasteiger partial charge in [-0.2, -0.15) is 0 Å². The molecule has 0 aliphatic carbocycles. The fourth-order valence-electron chi connectivity index (χ4n) is 2.04. The first-order valence-electron chi connectivity index (χ1n) is 5.71. The highest BCUT2D eigenvalue weighted by molar-refractivity contribution is 9.10. The maximum atomic E-state index is 6.31. The predicted octanol–water partition coefficient (Wildman–Crippen LogP) is 6.12. The Balaban J connectivity index is 2.40. The quantitative estimate of drug-likeness (QED) is 0.532. The van der Waals surface area contributed by atoms with Gasteiger partial charge in [-0.3, -0.25) is 0 Å². The monoisotopic (exact) mass is 396 g/mol. The zero-order chi connectivity index (χ0) is 13.9. The molecule has 0 amide bonds. The zero-order valence-corrected chi connectivity index (χ0v) is 14.7. The largest absolute Gasteiger partial charge is 0.148 e. The molecule has 0 aliphatic rings. The molecule has 1 aromatic heterocycles. The number of hydrogen-bond donors (Lipinski definition) is 0. The van der Waals surface area contributed by atoms with Crippen molar-refractivity contribution in [3.05, 3.63) is 55.6 Å². The number of rotatable bonds is 5. The summed E-state index contributed by atoms with van der Waals surface area (Å²) in [6.45, 7) is 0. The molecule has 0 saturated carbocycles. The van der Waals surface area contributed by atoms with Crippen molar-refractivity contribution in [1.29, 1.82) is 0 Å². The van der Waals surface area contributed by atoms with Gasteiger partial charge in [0.05, 0.1) is 0 Å². The summed E-state index contributed by atoms with van der Waals surface area (Å²) in [5.41, 5.74) is 0.692. The Morgan fingerprint density at radius 1 is 1.16 bits per heavy atom. The van der Waals surface area contributed by atoms with Crippen molar-refractivity contribution in [3.63, 3.8) is 0 Å². The molecule has 0 saturated heterocycles. The van der Waals surface area contributed by atoms with Crippen LogP contribution in [0.3, 0.4) is 0 Å². The molecule has 19 heavy (non-hydrogen) atoms. The van der Waals surface area contributed by atoms with E-state index < -0.39 is 0 Å². The van der Waals surface area contributed by atoms with E-state index in [4.69, 9.17) is 34.8 Å². The molecule has 0 N–H and O–H groups in total. The van der Waals surface area contributed by atoms with Gasteiger partial charge in [-0.05, 0) is 40.0 Å². The number of alkyl halides is 2. The van der Waals surface area contributed by atoms with Crippen molar-refractivity contribution >= 4 is 62.1 Å². The molecule has 2 rings (SSSR count). The van der Waals surface area contributed by atoms with Crippen LogP contribution in [0.2, 0.25) is 5.02 Å². The van der Waals surface area contributed by atoms with E-state index in [-0.39, 0.29) is 5.41 Å². The predicted molar refractivity (Wildman–Crippen MR) is 90.3 cm³/mol. The smallest absolute Gasteiger partial charge is 0.0444 e. The lowest BCUT2D eigenvalue weighted by atomic mass is 9.80. The van der Waals surface area contributed by atoms with Crippen LogP contribution in [0.25, 0.3) is 0 Å². The molecule has 0 nitrogen and oxygen atoms in total. The molecule has 0 aliphatic heterocycles. The van der Waals surface area contributed by atoms with Gasteiger partial charge in [-0.15, -0.1) is 34.5 Å². The van der Waals surface area contributed by atoms with Crippen LogP contribution in [0.5, 0.6) is 0 Å². The average Bonchev–Trinajstić information content (AvgIpc) is 2.82. The van der Waals surface area contributed by atoms with Crippen molar-refractivity contribution in [2.24, 2.45) is 0 Å². The highest BCUT2D eigenvalue weighted by Crippen LogP contribution is 2.37. The molecular formula is C14H12BrCl3S. The Hall–Kier alpha value is 0.270. The second-order valence-electron chi connectivity index (χ2n) is 4.44. The molecule has 2 aromatic rings. The van der Waals surface area contributed by atoms with E-state index in [0.29, 0.717) is 11.8 Å². The van der Waals surface area contributed by atoms with E-state index in [2.05, 4.69) is 27.4 Å². The van der Waals surface area contributed by atoms with Crippen LogP contribution in [-0.2, 0) is 11.8 Å². The summed E-state index contributed by atoms with van der Waals surface area (Å²) >= 11 is 24.0. The molecule has 1 heterocycles. The van der Waals surface area contributed by atoms with Gasteiger partial charge in [-0.1, -0.05) is 29.8 Å². The minimum absolute atomic E-state index is 0.328. The summed E-state index contributed by atoms with van der Waals surface area (Å²) in [6, 6.07) is 9.89. The third-order valence-electron chi connectivity index (χ3n) is 3.09. The minimum atomic E-state index is -0.328. The summed E-state index contributed by atoms with van der Waals surface area (Å²) in [4.78, 5) is 1.24. The van der Waals surface area contributed by atoms with E-state index in [1.807, 2.05) is 24.3 Å². The SMILES string of the molecule is ClCC(CCl)(Cc1cc(Br)cs1)c1ccccc1Cl. The Morgan fingerprint density at radius 2 is 1.84 bits per heavy atom. The van der Waals surface area contributed by atoms with E-state index >= 15 is 0 Å². The van der Waals surface area contributed by atoms with Crippen LogP contribution < -0.4 is 0 Å². The Morgan fingerprint density at radius 3 is 2.37 bits per heavy atom. The molecule has 0 spiro atoms. The molecule has 1 aromatic carbocycles. The molecule has 0 unspecified atom stereocenters. The van der Waals surface area contributed by atoms with Crippen molar-refractivity contribution in [3.8, 4) is 0 Å². The summed E-state index contributed by atoms with van der Waals surface area (Å²) in [5, 5.41) is 2.79. The minimum Gasteiger partial charge on any atom is -0.148 e. The van der Waals surface area contributed by atoms with Crippen molar-refractivity contribution in [1.82, 2.24) is 0 Å². The van der Waals surface area contributed by atoms with Gasteiger partial charge in [-0.25, -0.2) is 0 Å². The molecule has 0 radical (unpaired) electrons. The molecule has 5 heteroatoms. The Kier molecular flexibility index (Phi) is 5.62. The summed E-state index contributed by atoms with van der Waals surface area (Å²) in [5.74, 6) is 0.880. The zero-order valence-electron chi connectivity index (χ0n) is 10.0. The molecular weight excluding hydrogens is 386 g/mol. The molecule has 0 fully saturated rings. The molecule has 0 atom stereocenters. The van der Waals surface area contributed by atoms with Crippen LogP contribution in [0, 0.1) is 0 Å². The summed E-state index contributed by atoms with van der Waals surface area (Å²) in [6.07, 6.45) is 0.792. The molecule has 0 bridgehead atoms. The van der Waals surface area contributed by atoms with Gasteiger partial charge in [0.25, 0.3) is 0 Å². The van der Waals surface area contributed by atoms with Gasteiger partial charge < -0.3 is 0 Å².